The predicted octanol–water partition coefficient (Wildman–Crippen LogP) is 2.72. The molecule has 108 valence electrons. The normalized spacial score (nSPS) is 12.7. The van der Waals surface area contributed by atoms with E-state index in [-0.39, 0.29) is 6.04 Å². The van der Waals surface area contributed by atoms with Crippen molar-refractivity contribution in [2.75, 3.05) is 7.11 Å². The molecule has 0 aliphatic rings. The number of nitrogens with one attached hydrogen (secondary N) is 1. The Morgan fingerprint density at radius 2 is 2.10 bits per heavy atom. The van der Waals surface area contributed by atoms with Crippen molar-refractivity contribution in [2.45, 2.75) is 39.4 Å². The van der Waals surface area contributed by atoms with Gasteiger partial charge < -0.3 is 10.1 Å². The summed E-state index contributed by atoms with van der Waals surface area (Å²) in [7, 11) is 1.67. The van der Waals surface area contributed by atoms with Gasteiger partial charge in [-0.2, -0.15) is 5.10 Å². The Kier molecular flexibility index (Phi) is 4.74. The molecule has 0 saturated heterocycles. The summed E-state index contributed by atoms with van der Waals surface area (Å²) in [5.41, 5.74) is 2.29. The second-order valence-corrected chi connectivity index (χ2v) is 5.14. The molecule has 2 aromatic heterocycles. The second kappa shape index (κ2) is 6.52. The number of rotatable bonds is 6. The van der Waals surface area contributed by atoms with Crippen LogP contribution in [-0.4, -0.2) is 21.9 Å². The Hall–Kier alpha value is -1.88. The topological polar surface area (TPSA) is 52.0 Å². The number of methoxy groups -OCH3 is 1. The van der Waals surface area contributed by atoms with E-state index in [9.17, 15) is 0 Å². The number of aromatic nitrogens is 3. The van der Waals surface area contributed by atoms with Crippen LogP contribution in [0.15, 0.2) is 30.9 Å². The molecule has 0 fully saturated rings. The van der Waals surface area contributed by atoms with Gasteiger partial charge in [-0.1, -0.05) is 0 Å². The molecule has 1 atom stereocenters. The molecule has 0 aromatic carbocycles. The van der Waals surface area contributed by atoms with Gasteiger partial charge in [0.1, 0.15) is 5.75 Å². The highest BCUT2D eigenvalue weighted by Gasteiger charge is 2.11. The summed E-state index contributed by atoms with van der Waals surface area (Å²) in [5, 5.41) is 7.82. The average Bonchev–Trinajstić information content (AvgIpc) is 2.94. The van der Waals surface area contributed by atoms with E-state index in [1.807, 2.05) is 16.9 Å². The van der Waals surface area contributed by atoms with Crippen LogP contribution in [0.25, 0.3) is 0 Å². The molecule has 2 aromatic rings. The van der Waals surface area contributed by atoms with E-state index in [4.69, 9.17) is 4.74 Å². The summed E-state index contributed by atoms with van der Waals surface area (Å²) >= 11 is 0. The summed E-state index contributed by atoms with van der Waals surface area (Å²) in [6.45, 7) is 7.13. The highest BCUT2D eigenvalue weighted by atomic mass is 16.5. The lowest BCUT2D eigenvalue weighted by Crippen LogP contribution is -2.18. The molecule has 0 saturated carbocycles. The number of hydrogen-bond donors (Lipinski definition) is 1. The highest BCUT2D eigenvalue weighted by Crippen LogP contribution is 2.23. The Balaban J connectivity index is 1.99. The lowest BCUT2D eigenvalue weighted by Gasteiger charge is -2.16. The largest absolute Gasteiger partial charge is 0.495 e. The summed E-state index contributed by atoms with van der Waals surface area (Å²) in [6, 6.07) is 2.56. The van der Waals surface area contributed by atoms with Gasteiger partial charge in [-0.25, -0.2) is 0 Å². The molecule has 2 rings (SSSR count). The molecular formula is C15H22N4O. The first-order valence-corrected chi connectivity index (χ1v) is 6.86. The van der Waals surface area contributed by atoms with Crippen LogP contribution in [0, 0.1) is 0 Å². The van der Waals surface area contributed by atoms with Gasteiger partial charge in [-0.05, 0) is 26.8 Å². The predicted molar refractivity (Wildman–Crippen MR) is 78.7 cm³/mol. The molecule has 0 unspecified atom stereocenters. The second-order valence-electron chi connectivity index (χ2n) is 5.14. The van der Waals surface area contributed by atoms with E-state index in [0.29, 0.717) is 6.04 Å². The zero-order valence-electron chi connectivity index (χ0n) is 12.5. The van der Waals surface area contributed by atoms with E-state index in [0.717, 1.165) is 17.9 Å². The Labute approximate surface area is 120 Å². The van der Waals surface area contributed by atoms with Gasteiger partial charge in [-0.3, -0.25) is 9.67 Å². The van der Waals surface area contributed by atoms with Gasteiger partial charge in [-0.15, -0.1) is 0 Å². The number of pyridine rings is 1. The number of ether oxygens (including phenoxy) is 1. The van der Waals surface area contributed by atoms with E-state index >= 15 is 0 Å². The molecule has 2 heterocycles. The molecule has 0 bridgehead atoms. The molecule has 20 heavy (non-hydrogen) atoms. The van der Waals surface area contributed by atoms with Gasteiger partial charge in [0.15, 0.2) is 0 Å². The molecule has 0 amide bonds. The van der Waals surface area contributed by atoms with Crippen LogP contribution in [0.5, 0.6) is 5.75 Å². The SMILES string of the molecule is COc1cnccc1[C@@H](C)NCc1cnn(C(C)C)c1. The van der Waals surface area contributed by atoms with Crippen molar-refractivity contribution in [1.82, 2.24) is 20.1 Å². The first kappa shape index (κ1) is 14.5. The average molecular weight is 274 g/mol. The van der Waals surface area contributed by atoms with Crippen molar-refractivity contribution in [3.05, 3.63) is 42.0 Å². The quantitative estimate of drug-likeness (QED) is 0.880. The fourth-order valence-corrected chi connectivity index (χ4v) is 2.05. The maximum Gasteiger partial charge on any atom is 0.141 e. The van der Waals surface area contributed by atoms with Crippen LogP contribution in [-0.2, 0) is 6.54 Å². The highest BCUT2D eigenvalue weighted by molar-refractivity contribution is 5.32. The standard InChI is InChI=1S/C15H22N4O/c1-11(2)19-10-13(8-18-19)7-17-12(3)14-5-6-16-9-15(14)20-4/h5-6,8-12,17H,7H2,1-4H3/t12-/m1/s1. The van der Waals surface area contributed by atoms with Crippen molar-refractivity contribution < 1.29 is 4.74 Å². The third kappa shape index (κ3) is 3.36. The van der Waals surface area contributed by atoms with Gasteiger partial charge in [0.2, 0.25) is 0 Å². The number of hydrogen-bond acceptors (Lipinski definition) is 4. The lowest BCUT2D eigenvalue weighted by atomic mass is 10.1. The molecule has 5 nitrogen and oxygen atoms in total. The minimum absolute atomic E-state index is 0.190. The van der Waals surface area contributed by atoms with E-state index in [2.05, 4.69) is 42.4 Å². The van der Waals surface area contributed by atoms with Crippen LogP contribution in [0.2, 0.25) is 0 Å². The maximum absolute atomic E-state index is 5.34. The maximum atomic E-state index is 5.34. The lowest BCUT2D eigenvalue weighted by molar-refractivity contribution is 0.399. The zero-order valence-corrected chi connectivity index (χ0v) is 12.5. The minimum atomic E-state index is 0.190. The fourth-order valence-electron chi connectivity index (χ4n) is 2.05. The summed E-state index contributed by atoms with van der Waals surface area (Å²) in [6.07, 6.45) is 7.51. The van der Waals surface area contributed by atoms with Crippen molar-refractivity contribution in [2.24, 2.45) is 0 Å². The molecule has 0 spiro atoms. The van der Waals surface area contributed by atoms with E-state index in [1.165, 1.54) is 5.56 Å². The summed E-state index contributed by atoms with van der Waals surface area (Å²) in [5.74, 6) is 0.811. The van der Waals surface area contributed by atoms with Gasteiger partial charge in [0.25, 0.3) is 0 Å². The van der Waals surface area contributed by atoms with Gasteiger partial charge in [0, 0.05) is 42.1 Å². The third-order valence-corrected chi connectivity index (χ3v) is 3.30. The van der Waals surface area contributed by atoms with Crippen LogP contribution in [0.4, 0.5) is 0 Å². The Bertz CT molecular complexity index is 550. The van der Waals surface area contributed by atoms with Gasteiger partial charge in [0.05, 0.1) is 19.5 Å². The van der Waals surface area contributed by atoms with Crippen molar-refractivity contribution in [1.29, 1.82) is 0 Å². The monoisotopic (exact) mass is 274 g/mol. The summed E-state index contributed by atoms with van der Waals surface area (Å²) in [4.78, 5) is 4.07. The molecule has 0 radical (unpaired) electrons. The van der Waals surface area contributed by atoms with Crippen molar-refractivity contribution >= 4 is 0 Å². The van der Waals surface area contributed by atoms with Crippen LogP contribution in [0.1, 0.15) is 44.0 Å². The van der Waals surface area contributed by atoms with Crippen LogP contribution >= 0.6 is 0 Å². The molecular weight excluding hydrogens is 252 g/mol. The van der Waals surface area contributed by atoms with Crippen LogP contribution in [0.3, 0.4) is 0 Å². The molecule has 0 aliphatic carbocycles. The third-order valence-electron chi connectivity index (χ3n) is 3.30. The van der Waals surface area contributed by atoms with E-state index < -0.39 is 0 Å². The fraction of sp³-hybridized carbons (Fsp3) is 0.467. The van der Waals surface area contributed by atoms with Crippen molar-refractivity contribution in [3.63, 3.8) is 0 Å². The zero-order chi connectivity index (χ0) is 14.5. The van der Waals surface area contributed by atoms with E-state index in [1.54, 1.807) is 19.5 Å². The van der Waals surface area contributed by atoms with Crippen molar-refractivity contribution in [3.8, 4) is 5.75 Å². The summed E-state index contributed by atoms with van der Waals surface area (Å²) < 4.78 is 7.30. The molecule has 0 aliphatic heterocycles. The molecule has 1 N–H and O–H groups in total. The Morgan fingerprint density at radius 3 is 2.75 bits per heavy atom. The first-order valence-electron chi connectivity index (χ1n) is 6.86. The van der Waals surface area contributed by atoms with Gasteiger partial charge >= 0.3 is 0 Å². The minimum Gasteiger partial charge on any atom is -0.495 e. The smallest absolute Gasteiger partial charge is 0.141 e. The Morgan fingerprint density at radius 1 is 1.30 bits per heavy atom. The molecule has 5 heteroatoms. The van der Waals surface area contributed by atoms with Crippen LogP contribution < -0.4 is 10.1 Å². The first-order chi connectivity index (χ1) is 9.61. The number of nitrogens with zero attached hydrogens (tertiary/aromatic N) is 3.